The maximum Gasteiger partial charge on any atom is 0.416 e. The molecule has 48 heavy (non-hydrogen) atoms. The highest BCUT2D eigenvalue weighted by Crippen LogP contribution is 2.34. The van der Waals surface area contributed by atoms with Crippen molar-refractivity contribution < 1.29 is 53.9 Å². The zero-order valence-corrected chi connectivity index (χ0v) is 26.2. The summed E-state index contributed by atoms with van der Waals surface area (Å²) in [5.74, 6) is -3.09. The molecule has 4 aromatic rings. The Morgan fingerprint density at radius 1 is 1.00 bits per heavy atom. The number of thioether (sulfide) groups is 1. The number of likely N-dealkylation sites (N-methyl/N-ethyl adjacent to an activating group) is 1. The number of benzene rings is 3. The Balaban J connectivity index is 1.78. The average molecular weight is 704 g/mol. The van der Waals surface area contributed by atoms with Crippen molar-refractivity contribution in [2.24, 2.45) is 0 Å². The Hall–Kier alpha value is -3.96. The second-order valence-electron chi connectivity index (χ2n) is 9.79. The van der Waals surface area contributed by atoms with Crippen LogP contribution in [0.3, 0.4) is 0 Å². The Morgan fingerprint density at radius 3 is 2.33 bits per heavy atom. The highest BCUT2D eigenvalue weighted by atomic mass is 32.2. The Morgan fingerprint density at radius 2 is 1.67 bits per heavy atom. The predicted molar refractivity (Wildman–Crippen MR) is 181 cm³/mol. The molecule has 0 aliphatic heterocycles. The zero-order chi connectivity index (χ0) is 54.8. The van der Waals surface area contributed by atoms with Gasteiger partial charge in [-0.05, 0) is 85.0 Å². The number of rotatable bonds is 13. The van der Waals surface area contributed by atoms with E-state index in [0.717, 1.165) is 20.8 Å². The number of alkyl halides is 3. The van der Waals surface area contributed by atoms with E-state index < -0.39 is 204 Å². The van der Waals surface area contributed by atoms with Crippen molar-refractivity contribution in [2.45, 2.75) is 70.0 Å². The van der Waals surface area contributed by atoms with Gasteiger partial charge in [0.25, 0.3) is 5.56 Å². The minimum absolute atomic E-state index is 0.294. The van der Waals surface area contributed by atoms with Gasteiger partial charge < -0.3 is 14.4 Å². The first-order valence-electron chi connectivity index (χ1n) is 25.4. The van der Waals surface area contributed by atoms with Crippen molar-refractivity contribution in [1.29, 1.82) is 0 Å². The molecule has 6 nitrogen and oxygen atoms in total. The maximum atomic E-state index is 14.9. The highest BCUT2D eigenvalue weighted by Gasteiger charge is 2.32. The lowest BCUT2D eigenvalue weighted by Gasteiger charge is -2.28. The van der Waals surface area contributed by atoms with Crippen LogP contribution in [0.25, 0.3) is 11.1 Å². The molecule has 0 spiro atoms. The normalized spacial score (nSPS) is 23.8. The minimum atomic E-state index is -5.22. The molecule has 1 aliphatic rings. The fraction of sp³-hybridized carbons (Fsp3) is 0.378. The molecule has 0 saturated carbocycles. The summed E-state index contributed by atoms with van der Waals surface area (Å²) in [5.41, 5.74) is -13.8. The Kier molecular flexibility index (Phi) is 5.22. The molecule has 1 heterocycles. The van der Waals surface area contributed by atoms with Gasteiger partial charge in [-0.1, -0.05) is 73.9 Å². The van der Waals surface area contributed by atoms with E-state index >= 15 is 0 Å². The van der Waals surface area contributed by atoms with E-state index in [0.29, 0.717) is 14.4 Å². The van der Waals surface area contributed by atoms with Gasteiger partial charge in [-0.25, -0.2) is 4.39 Å². The van der Waals surface area contributed by atoms with E-state index in [9.17, 15) is 27.2 Å². The van der Waals surface area contributed by atoms with Crippen molar-refractivity contribution in [3.05, 3.63) is 116 Å². The molecule has 5 rings (SSSR count). The lowest BCUT2D eigenvalue weighted by atomic mass is 9.98. The van der Waals surface area contributed by atoms with Crippen molar-refractivity contribution in [3.63, 3.8) is 0 Å². The second kappa shape index (κ2) is 15.5. The van der Waals surface area contributed by atoms with E-state index in [4.69, 9.17) is 31.5 Å². The summed E-state index contributed by atoms with van der Waals surface area (Å²) < 4.78 is 252. The fourth-order valence-corrected chi connectivity index (χ4v) is 5.02. The molecule has 254 valence electrons. The highest BCUT2D eigenvalue weighted by molar-refractivity contribution is 7.98. The molecule has 0 N–H and O–H groups in total. The Labute approximate surface area is 315 Å². The van der Waals surface area contributed by atoms with Gasteiger partial charge in [0.1, 0.15) is 12.4 Å². The van der Waals surface area contributed by atoms with Crippen molar-refractivity contribution >= 4 is 17.7 Å². The lowest BCUT2D eigenvalue weighted by molar-refractivity contribution is -0.138. The molecule has 0 atom stereocenters. The summed E-state index contributed by atoms with van der Waals surface area (Å²) in [6.07, 6.45) is -16.1. The summed E-state index contributed by atoms with van der Waals surface area (Å²) in [7, 11) is 0. The number of carbonyl (C=O) groups is 1. The van der Waals surface area contributed by atoms with Gasteiger partial charge in [-0.3, -0.25) is 9.59 Å². The topological polar surface area (TPSA) is 58.4 Å². The van der Waals surface area contributed by atoms with Crippen LogP contribution in [-0.2, 0) is 42.5 Å². The number of aromatic nitrogens is 2. The number of nitrogens with zero attached hydrogens (tertiary/aromatic N) is 4. The molecule has 3 aromatic carbocycles. The van der Waals surface area contributed by atoms with Crippen LogP contribution in [-0.4, -0.2) is 51.3 Å². The summed E-state index contributed by atoms with van der Waals surface area (Å²) in [5, 5.41) is -1.10. The molecular weight excluding hydrogens is 640 g/mol. The molecule has 1 aromatic heterocycles. The molecule has 0 bridgehead atoms. The predicted octanol–water partition coefficient (Wildman–Crippen LogP) is 7.53. The molecule has 1 aliphatic carbocycles. The van der Waals surface area contributed by atoms with Crippen molar-refractivity contribution in [3.8, 4) is 11.1 Å². The number of carbonyl (C=O) groups excluding carboxylic acids is 1. The van der Waals surface area contributed by atoms with Crippen LogP contribution < -0.4 is 5.56 Å². The lowest BCUT2D eigenvalue weighted by Crippen LogP contribution is -2.40. The number of amides is 1. The fourth-order valence-electron chi connectivity index (χ4n) is 4.33. The van der Waals surface area contributed by atoms with Crippen molar-refractivity contribution in [1.82, 2.24) is 19.4 Å². The molecule has 0 radical (unpaired) electrons. The molecule has 0 saturated heterocycles. The monoisotopic (exact) mass is 703 g/mol. The summed E-state index contributed by atoms with van der Waals surface area (Å²) in [4.78, 5) is 33.4. The quantitative estimate of drug-likeness (QED) is 0.0819. The van der Waals surface area contributed by atoms with Crippen LogP contribution in [0.15, 0.2) is 76.4 Å². The van der Waals surface area contributed by atoms with E-state index in [1.54, 1.807) is 0 Å². The molecule has 11 heteroatoms. The minimum Gasteiger partial charge on any atom is -0.336 e. The third kappa shape index (κ3) is 8.54. The first-order chi connectivity index (χ1) is 31.9. The van der Waals surface area contributed by atoms with Crippen LogP contribution >= 0.6 is 11.8 Å². The maximum absolute atomic E-state index is 14.9. The van der Waals surface area contributed by atoms with E-state index in [2.05, 4.69) is 4.98 Å². The second-order valence-corrected chi connectivity index (χ2v) is 10.6. The van der Waals surface area contributed by atoms with Gasteiger partial charge in [-0.15, -0.1) is 0 Å². The van der Waals surface area contributed by atoms with Crippen molar-refractivity contribution in [2.75, 3.05) is 26.1 Å². The van der Waals surface area contributed by atoms with E-state index in [1.807, 2.05) is 0 Å². The van der Waals surface area contributed by atoms with E-state index in [1.165, 1.54) is 0 Å². The SMILES string of the molecule is [2H]c1c([2H])c(C([2H])([2H])Sc2nc(=O)c3c(n2CC(=O)N(CCN(C([2H])([2H])C)C([2H])([2H])C)Cc2c([2H])c([2H])c(-c4c([2H])c([2H])c(C(F)(F)F)c(C)c4[2H])c([2H])c2[2H])C([2H])([2H])C([2H])([2H])C3([2H])[2H])c([2H])c([2H])c1F. The van der Waals surface area contributed by atoms with Gasteiger partial charge in [0, 0.05) is 53.0 Å². The van der Waals surface area contributed by atoms with Gasteiger partial charge >= 0.3 is 6.18 Å². The Bertz CT molecular complexity index is 2840. The van der Waals surface area contributed by atoms with E-state index in [-0.39, 0.29) is 11.8 Å². The number of halogens is 4. The van der Waals surface area contributed by atoms with Crippen LogP contribution in [0.4, 0.5) is 17.6 Å². The summed E-state index contributed by atoms with van der Waals surface area (Å²) in [6, 6.07) is -13.3. The summed E-state index contributed by atoms with van der Waals surface area (Å²) >= 11 is -0.294. The first kappa shape index (κ1) is 16.2. The van der Waals surface area contributed by atoms with Crippen LogP contribution in [0.2, 0.25) is 0 Å². The van der Waals surface area contributed by atoms with Crippen LogP contribution in [0, 0.1) is 12.7 Å². The van der Waals surface area contributed by atoms with Gasteiger partial charge in [0.15, 0.2) is 5.16 Å². The third-order valence-corrected chi connectivity index (χ3v) is 7.50. The standard InChI is InChI=1S/C37H40F4N4O2S/c1-4-43(5-2)19-20-44(22-26-9-13-28(14-10-26)29-15-18-32(25(3)21-29)37(39,40)41)34(46)23-45-33-8-6-7-31(33)35(47)42-36(45)48-24-27-11-16-30(38)17-12-27/h9-18,21H,4-8,19-20,22-24H2,1-3H3/i4D2,5D2,6D2,7D2,8D2,9D,10D,11D,12D,13D,14D,15D,16D,17D,18D,21D,24D2. The summed E-state index contributed by atoms with van der Waals surface area (Å²) in [6.45, 7) is -6.59. The van der Waals surface area contributed by atoms with Crippen LogP contribution in [0.1, 0.15) is 85.3 Å². The van der Waals surface area contributed by atoms with Gasteiger partial charge in [0.05, 0.1) is 20.6 Å². The number of hydrogen-bond acceptors (Lipinski definition) is 5. The van der Waals surface area contributed by atoms with Gasteiger partial charge in [0.2, 0.25) is 5.91 Å². The number of hydrogen-bond donors (Lipinski definition) is 0. The molecule has 0 fully saturated rings. The molecule has 0 unspecified atom stereocenters. The first-order valence-corrected chi connectivity index (χ1v) is 14.7. The zero-order valence-electron chi connectivity index (χ0n) is 48.4. The van der Waals surface area contributed by atoms with Crippen LogP contribution in [0.5, 0.6) is 0 Å². The average Bonchev–Trinajstić information content (AvgIpc) is 3.32. The molecule has 1 amide bonds. The third-order valence-electron chi connectivity index (χ3n) is 6.69. The number of fused-ring (bicyclic) bond motifs is 1. The van der Waals surface area contributed by atoms with Gasteiger partial charge in [-0.2, -0.15) is 18.2 Å². The smallest absolute Gasteiger partial charge is 0.336 e. The largest absolute Gasteiger partial charge is 0.416 e. The molecular formula is C37H40F4N4O2S.